The molecule has 1 aliphatic carbocycles. The molecule has 0 aromatic carbocycles. The lowest BCUT2D eigenvalue weighted by atomic mass is 9.69. The average Bonchev–Trinajstić information content (AvgIpc) is 2.18. The summed E-state index contributed by atoms with van der Waals surface area (Å²) in [6.07, 6.45) is 6.38. The third-order valence-electron chi connectivity index (χ3n) is 3.79. The van der Waals surface area contributed by atoms with Crippen LogP contribution in [-0.4, -0.2) is 25.8 Å². The molecule has 0 heterocycles. The number of hydrogen-bond donors (Lipinski definition) is 1. The third kappa shape index (κ3) is 2.73. The Morgan fingerprint density at radius 3 is 2.00 bits per heavy atom. The Morgan fingerprint density at radius 2 is 1.67 bits per heavy atom. The van der Waals surface area contributed by atoms with Crippen molar-refractivity contribution in [2.75, 3.05) is 14.2 Å². The van der Waals surface area contributed by atoms with Gasteiger partial charge in [0.05, 0.1) is 5.60 Å². The Kier molecular flexibility index (Phi) is 4.19. The van der Waals surface area contributed by atoms with Crippen LogP contribution in [0.1, 0.15) is 52.9 Å². The molecule has 1 unspecified atom stereocenters. The molecule has 2 nitrogen and oxygen atoms in total. The molecule has 0 spiro atoms. The molecule has 2 heteroatoms. The first-order valence-electron chi connectivity index (χ1n) is 6.19. The van der Waals surface area contributed by atoms with Crippen molar-refractivity contribution in [2.45, 2.75) is 64.5 Å². The standard InChI is InChI=1S/C13H27NO/c1-12(2,3)11(14-4)13(15-5)9-7-6-8-10-13/h11,14H,6-10H2,1-5H3. The van der Waals surface area contributed by atoms with Gasteiger partial charge >= 0.3 is 0 Å². The summed E-state index contributed by atoms with van der Waals surface area (Å²) in [6.45, 7) is 6.89. The van der Waals surface area contributed by atoms with Gasteiger partial charge in [0.2, 0.25) is 0 Å². The molecule has 1 saturated carbocycles. The number of hydrogen-bond acceptors (Lipinski definition) is 2. The number of nitrogens with one attached hydrogen (secondary N) is 1. The zero-order valence-electron chi connectivity index (χ0n) is 11.0. The minimum atomic E-state index is 0.0608. The zero-order valence-corrected chi connectivity index (χ0v) is 11.0. The second-order valence-electron chi connectivity index (χ2n) is 5.92. The van der Waals surface area contributed by atoms with Gasteiger partial charge in [-0.3, -0.25) is 0 Å². The summed E-state index contributed by atoms with van der Waals surface area (Å²) in [7, 11) is 3.94. The van der Waals surface area contributed by atoms with Gasteiger partial charge < -0.3 is 10.1 Å². The Balaban J connectivity index is 2.86. The van der Waals surface area contributed by atoms with E-state index in [0.29, 0.717) is 6.04 Å². The second kappa shape index (κ2) is 4.84. The van der Waals surface area contributed by atoms with Gasteiger partial charge in [-0.05, 0) is 25.3 Å². The molecule has 0 aromatic rings. The molecular weight excluding hydrogens is 186 g/mol. The van der Waals surface area contributed by atoms with E-state index >= 15 is 0 Å². The summed E-state index contributed by atoms with van der Waals surface area (Å²) in [6, 6.07) is 0.440. The van der Waals surface area contributed by atoms with E-state index in [1.807, 2.05) is 7.11 Å². The summed E-state index contributed by atoms with van der Waals surface area (Å²) in [5.74, 6) is 0. The van der Waals surface area contributed by atoms with E-state index in [1.165, 1.54) is 32.1 Å². The van der Waals surface area contributed by atoms with E-state index in [1.54, 1.807) is 0 Å². The van der Waals surface area contributed by atoms with E-state index in [2.05, 4.69) is 33.1 Å². The predicted octanol–water partition coefficient (Wildman–Crippen LogP) is 2.97. The Hall–Kier alpha value is -0.0800. The lowest BCUT2D eigenvalue weighted by Crippen LogP contribution is -2.58. The van der Waals surface area contributed by atoms with E-state index in [-0.39, 0.29) is 11.0 Å². The van der Waals surface area contributed by atoms with Crippen molar-refractivity contribution in [1.82, 2.24) is 5.32 Å². The molecule has 1 atom stereocenters. The fourth-order valence-corrected chi connectivity index (χ4v) is 3.25. The molecular formula is C13H27NO. The molecule has 1 rings (SSSR count). The number of likely N-dealkylation sites (N-methyl/N-ethyl adjacent to an activating group) is 1. The topological polar surface area (TPSA) is 21.3 Å². The van der Waals surface area contributed by atoms with Gasteiger partial charge in [0.1, 0.15) is 0 Å². The van der Waals surface area contributed by atoms with Crippen molar-refractivity contribution in [1.29, 1.82) is 0 Å². The minimum Gasteiger partial charge on any atom is -0.377 e. The number of rotatable bonds is 3. The van der Waals surface area contributed by atoms with Crippen molar-refractivity contribution in [3.05, 3.63) is 0 Å². The lowest BCUT2D eigenvalue weighted by Gasteiger charge is -2.48. The highest BCUT2D eigenvalue weighted by atomic mass is 16.5. The van der Waals surface area contributed by atoms with Crippen LogP contribution in [0.3, 0.4) is 0 Å². The van der Waals surface area contributed by atoms with Crippen molar-refractivity contribution in [3.8, 4) is 0 Å². The van der Waals surface area contributed by atoms with E-state index in [4.69, 9.17) is 4.74 Å². The largest absolute Gasteiger partial charge is 0.377 e. The van der Waals surface area contributed by atoms with Gasteiger partial charge in [-0.2, -0.15) is 0 Å². The molecule has 0 aliphatic heterocycles. The van der Waals surface area contributed by atoms with E-state index in [9.17, 15) is 0 Å². The van der Waals surface area contributed by atoms with Crippen molar-refractivity contribution in [2.24, 2.45) is 5.41 Å². The van der Waals surface area contributed by atoms with Gasteiger partial charge in [-0.1, -0.05) is 40.0 Å². The van der Waals surface area contributed by atoms with Crippen LogP contribution in [0, 0.1) is 5.41 Å². The SMILES string of the molecule is CNC(C(C)(C)C)C1(OC)CCCCC1. The molecule has 0 bridgehead atoms. The molecule has 0 saturated heterocycles. The third-order valence-corrected chi connectivity index (χ3v) is 3.79. The van der Waals surface area contributed by atoms with Gasteiger partial charge in [-0.25, -0.2) is 0 Å². The first-order chi connectivity index (χ1) is 6.96. The Bertz CT molecular complexity index is 189. The molecule has 0 aromatic heterocycles. The van der Waals surface area contributed by atoms with Crippen LogP contribution in [0.4, 0.5) is 0 Å². The monoisotopic (exact) mass is 213 g/mol. The maximum absolute atomic E-state index is 5.90. The predicted molar refractivity (Wildman–Crippen MR) is 65.1 cm³/mol. The van der Waals surface area contributed by atoms with Crippen molar-refractivity contribution < 1.29 is 4.74 Å². The maximum Gasteiger partial charge on any atom is 0.0835 e. The van der Waals surface area contributed by atoms with Crippen LogP contribution in [0.25, 0.3) is 0 Å². The Morgan fingerprint density at radius 1 is 1.13 bits per heavy atom. The van der Waals surface area contributed by atoms with Crippen LogP contribution in [0.2, 0.25) is 0 Å². The molecule has 1 N–H and O–H groups in total. The van der Waals surface area contributed by atoms with Crippen LogP contribution >= 0.6 is 0 Å². The van der Waals surface area contributed by atoms with Gasteiger partial charge in [0.15, 0.2) is 0 Å². The van der Waals surface area contributed by atoms with Gasteiger partial charge in [-0.15, -0.1) is 0 Å². The molecule has 15 heavy (non-hydrogen) atoms. The second-order valence-corrected chi connectivity index (χ2v) is 5.92. The van der Waals surface area contributed by atoms with Crippen LogP contribution < -0.4 is 5.32 Å². The fraction of sp³-hybridized carbons (Fsp3) is 1.00. The fourth-order valence-electron chi connectivity index (χ4n) is 3.25. The highest BCUT2D eigenvalue weighted by Gasteiger charge is 2.44. The van der Waals surface area contributed by atoms with E-state index < -0.39 is 0 Å². The summed E-state index contributed by atoms with van der Waals surface area (Å²) >= 11 is 0. The molecule has 1 fully saturated rings. The number of ether oxygens (including phenoxy) is 1. The van der Waals surface area contributed by atoms with Crippen molar-refractivity contribution in [3.63, 3.8) is 0 Å². The summed E-state index contributed by atoms with van der Waals surface area (Å²) in [4.78, 5) is 0. The van der Waals surface area contributed by atoms with Crippen molar-refractivity contribution >= 4 is 0 Å². The number of methoxy groups -OCH3 is 1. The summed E-state index contributed by atoms with van der Waals surface area (Å²) < 4.78 is 5.90. The summed E-state index contributed by atoms with van der Waals surface area (Å²) in [5, 5.41) is 3.48. The first-order valence-corrected chi connectivity index (χ1v) is 6.19. The van der Waals surface area contributed by atoms with Crippen LogP contribution in [-0.2, 0) is 4.74 Å². The highest BCUT2D eigenvalue weighted by molar-refractivity contribution is 5.00. The molecule has 1 aliphatic rings. The smallest absolute Gasteiger partial charge is 0.0835 e. The normalized spacial score (nSPS) is 23.8. The van der Waals surface area contributed by atoms with Crippen LogP contribution in [0.5, 0.6) is 0 Å². The van der Waals surface area contributed by atoms with E-state index in [0.717, 1.165) is 0 Å². The van der Waals surface area contributed by atoms with Gasteiger partial charge in [0, 0.05) is 13.2 Å². The lowest BCUT2D eigenvalue weighted by molar-refractivity contribution is -0.0912. The highest BCUT2D eigenvalue weighted by Crippen LogP contribution is 2.40. The molecule has 0 amide bonds. The molecule has 90 valence electrons. The maximum atomic E-state index is 5.90. The minimum absolute atomic E-state index is 0.0608. The quantitative estimate of drug-likeness (QED) is 0.778. The first kappa shape index (κ1) is 13.0. The molecule has 0 radical (unpaired) electrons. The van der Waals surface area contributed by atoms with Gasteiger partial charge in [0.25, 0.3) is 0 Å². The van der Waals surface area contributed by atoms with Crippen LogP contribution in [0.15, 0.2) is 0 Å². The Labute approximate surface area is 94.8 Å². The average molecular weight is 213 g/mol. The summed E-state index contributed by atoms with van der Waals surface area (Å²) in [5.41, 5.74) is 0.313. The zero-order chi connectivity index (χ0) is 11.5.